The van der Waals surface area contributed by atoms with Crippen molar-refractivity contribution >= 4 is 55.9 Å². The van der Waals surface area contributed by atoms with Crippen molar-refractivity contribution in [2.45, 2.75) is 44.2 Å². The predicted octanol–water partition coefficient (Wildman–Crippen LogP) is 3.91. The molecule has 0 fully saturated rings. The van der Waals surface area contributed by atoms with Crippen molar-refractivity contribution in [3.8, 4) is 0 Å². The summed E-state index contributed by atoms with van der Waals surface area (Å²) in [5.41, 5.74) is 10.1. The van der Waals surface area contributed by atoms with Gasteiger partial charge >= 0.3 is 5.97 Å². The molecule has 0 bridgehead atoms. The van der Waals surface area contributed by atoms with Gasteiger partial charge in [0.25, 0.3) is 0 Å². The number of benzene rings is 3. The first-order valence-electron chi connectivity index (χ1n) is 14.8. The first-order valence-corrected chi connectivity index (χ1v) is 16.3. The minimum atomic E-state index is -4.12. The number of fused-ring (bicyclic) bond motifs is 1. The maximum atomic E-state index is 13.9. The number of anilines is 4. The van der Waals surface area contributed by atoms with E-state index in [4.69, 9.17) is 15.6 Å². The van der Waals surface area contributed by atoms with Gasteiger partial charge in [-0.1, -0.05) is 36.4 Å². The third-order valence-electron chi connectivity index (χ3n) is 7.86. The summed E-state index contributed by atoms with van der Waals surface area (Å²) >= 11 is 0. The number of aryl methyl sites for hydroxylation is 3. The van der Waals surface area contributed by atoms with Crippen LogP contribution in [0, 0.1) is 13.8 Å². The molecule has 0 saturated carbocycles. The lowest BCUT2D eigenvalue weighted by Gasteiger charge is -2.24. The van der Waals surface area contributed by atoms with Crippen molar-refractivity contribution in [3.63, 3.8) is 0 Å². The van der Waals surface area contributed by atoms with Crippen molar-refractivity contribution in [1.82, 2.24) is 19.7 Å². The van der Waals surface area contributed by atoms with E-state index in [2.05, 4.69) is 15.1 Å². The molecule has 2 aromatic heterocycles. The van der Waals surface area contributed by atoms with Crippen LogP contribution in [0.5, 0.6) is 0 Å². The Balaban J connectivity index is 1.43. The molecule has 0 aliphatic carbocycles. The summed E-state index contributed by atoms with van der Waals surface area (Å²) in [5, 5.41) is 11.1. The van der Waals surface area contributed by atoms with E-state index in [1.807, 2.05) is 79.1 Å². The van der Waals surface area contributed by atoms with Gasteiger partial charge < -0.3 is 15.4 Å². The van der Waals surface area contributed by atoms with Crippen LogP contribution in [0.1, 0.15) is 29.7 Å². The lowest BCUT2D eigenvalue weighted by molar-refractivity contribution is -0.146. The molecule has 13 nitrogen and oxygen atoms in total. The van der Waals surface area contributed by atoms with Crippen LogP contribution in [0.4, 0.5) is 23.1 Å². The Kier molecular flexibility index (Phi) is 9.65. The zero-order chi connectivity index (χ0) is 33.9. The summed E-state index contributed by atoms with van der Waals surface area (Å²) in [4.78, 5) is 38.4. The molecule has 0 aliphatic rings. The van der Waals surface area contributed by atoms with E-state index in [9.17, 15) is 18.0 Å². The van der Waals surface area contributed by atoms with Crippen LogP contribution >= 0.6 is 0 Å². The quantitative estimate of drug-likeness (QED) is 0.198. The molecule has 0 unspecified atom stereocenters. The van der Waals surface area contributed by atoms with Crippen LogP contribution < -0.4 is 20.7 Å². The summed E-state index contributed by atoms with van der Waals surface area (Å²) in [6.07, 6.45) is 1.26. The first kappa shape index (κ1) is 33.2. The third-order valence-corrected chi connectivity index (χ3v) is 8.91. The Morgan fingerprint density at radius 2 is 1.72 bits per heavy atom. The number of rotatable bonds is 11. The van der Waals surface area contributed by atoms with E-state index in [1.165, 1.54) is 17.2 Å². The Bertz CT molecular complexity index is 2050. The predicted molar refractivity (Wildman–Crippen MR) is 179 cm³/mol. The van der Waals surface area contributed by atoms with Gasteiger partial charge in [-0.15, -0.1) is 0 Å². The smallest absolute Gasteiger partial charge is 0.323 e. The molecule has 5 aromatic rings. The maximum absolute atomic E-state index is 13.9. The van der Waals surface area contributed by atoms with Gasteiger partial charge in [0.1, 0.15) is 18.5 Å². The van der Waals surface area contributed by atoms with Crippen LogP contribution in [0.3, 0.4) is 0 Å². The van der Waals surface area contributed by atoms with E-state index in [-0.39, 0.29) is 36.0 Å². The highest BCUT2D eigenvalue weighted by Crippen LogP contribution is 2.31. The largest absolute Gasteiger partial charge is 0.460 e. The van der Waals surface area contributed by atoms with Crippen LogP contribution in [0.2, 0.25) is 0 Å². The van der Waals surface area contributed by atoms with Gasteiger partial charge in [0.05, 0.1) is 16.1 Å². The normalized spacial score (nSPS) is 12.1. The number of carbonyl (C=O) groups excluding carboxylic acids is 2. The van der Waals surface area contributed by atoms with Gasteiger partial charge in [-0.05, 0) is 67.8 Å². The number of amides is 1. The SMILES string of the molecule is Cc1ccc(N(C(=O)CC[C@H](N)C(=O)OCc2ccccc2)c2nccc(N(C)c3ccc4c(C)n(C)nc4c3)n2)cc1S(N)(=O)=O. The van der Waals surface area contributed by atoms with E-state index in [1.54, 1.807) is 25.1 Å². The zero-order valence-electron chi connectivity index (χ0n) is 26.5. The Morgan fingerprint density at radius 1 is 1.00 bits per heavy atom. The fourth-order valence-electron chi connectivity index (χ4n) is 5.04. The topological polar surface area (TPSA) is 180 Å². The minimum Gasteiger partial charge on any atom is -0.460 e. The van der Waals surface area contributed by atoms with Gasteiger partial charge in [-0.2, -0.15) is 10.1 Å². The molecule has 4 N–H and O–H groups in total. The monoisotopic (exact) mass is 656 g/mol. The number of sulfonamides is 1. The lowest BCUT2D eigenvalue weighted by Crippen LogP contribution is -2.35. The highest BCUT2D eigenvalue weighted by atomic mass is 32.2. The van der Waals surface area contributed by atoms with Crippen LogP contribution in [-0.4, -0.2) is 53.1 Å². The Labute approximate surface area is 272 Å². The molecular formula is C33H36N8O5S. The van der Waals surface area contributed by atoms with E-state index in [0.29, 0.717) is 11.4 Å². The van der Waals surface area contributed by atoms with Gasteiger partial charge in [0.15, 0.2) is 0 Å². The van der Waals surface area contributed by atoms with Crippen molar-refractivity contribution in [3.05, 3.63) is 95.8 Å². The molecule has 3 aromatic carbocycles. The Hall–Kier alpha value is -5.18. The number of nitrogens with zero attached hydrogens (tertiary/aromatic N) is 6. The van der Waals surface area contributed by atoms with Gasteiger partial charge in [0.2, 0.25) is 21.9 Å². The summed E-state index contributed by atoms with van der Waals surface area (Å²) < 4.78 is 31.9. The van der Waals surface area contributed by atoms with Crippen LogP contribution in [0.25, 0.3) is 10.9 Å². The highest BCUT2D eigenvalue weighted by Gasteiger charge is 2.26. The number of nitrogens with two attached hydrogens (primary N) is 2. The molecule has 1 amide bonds. The maximum Gasteiger partial charge on any atom is 0.323 e. The number of carbonyl (C=O) groups is 2. The van der Waals surface area contributed by atoms with Crippen molar-refractivity contribution in [2.75, 3.05) is 16.8 Å². The number of primary sulfonamides is 1. The second-order valence-corrected chi connectivity index (χ2v) is 12.7. The number of hydrogen-bond donors (Lipinski definition) is 2. The van der Waals surface area contributed by atoms with Crippen molar-refractivity contribution < 1.29 is 22.7 Å². The average Bonchev–Trinajstić information content (AvgIpc) is 3.34. The van der Waals surface area contributed by atoms with E-state index in [0.717, 1.165) is 27.8 Å². The van der Waals surface area contributed by atoms with E-state index >= 15 is 0 Å². The number of ether oxygens (including phenoxy) is 1. The van der Waals surface area contributed by atoms with Gasteiger partial charge in [0, 0.05) is 43.5 Å². The number of hydrogen-bond acceptors (Lipinski definition) is 10. The molecule has 0 saturated heterocycles. The van der Waals surface area contributed by atoms with Crippen molar-refractivity contribution in [2.24, 2.45) is 17.9 Å². The molecule has 14 heteroatoms. The van der Waals surface area contributed by atoms with Gasteiger partial charge in [-0.3, -0.25) is 14.3 Å². The molecule has 244 valence electrons. The minimum absolute atomic E-state index is 0.0152. The number of aromatic nitrogens is 4. The average molecular weight is 657 g/mol. The second-order valence-electron chi connectivity index (χ2n) is 11.1. The highest BCUT2D eigenvalue weighted by molar-refractivity contribution is 7.89. The summed E-state index contributed by atoms with van der Waals surface area (Å²) in [5.74, 6) is -0.732. The van der Waals surface area contributed by atoms with Crippen LogP contribution in [-0.2, 0) is 38.0 Å². The first-order chi connectivity index (χ1) is 22.3. The molecule has 1 atom stereocenters. The van der Waals surface area contributed by atoms with Crippen LogP contribution in [0.15, 0.2) is 83.9 Å². The summed E-state index contributed by atoms with van der Waals surface area (Å²) in [6, 6.07) is 20.0. The lowest BCUT2D eigenvalue weighted by atomic mass is 10.1. The summed E-state index contributed by atoms with van der Waals surface area (Å²) in [6.45, 7) is 3.64. The molecule has 47 heavy (non-hydrogen) atoms. The Morgan fingerprint density at radius 3 is 2.45 bits per heavy atom. The zero-order valence-corrected chi connectivity index (χ0v) is 27.3. The molecular weight excluding hydrogens is 620 g/mol. The molecule has 0 aliphatic heterocycles. The third kappa shape index (κ3) is 7.46. The number of esters is 1. The van der Waals surface area contributed by atoms with Gasteiger partial charge in [-0.25, -0.2) is 23.4 Å². The standard InChI is InChI=1S/C33H36N8O5S/c1-21-10-11-25(19-29(21)47(35,44)45)41(31(42)15-14-27(34)32(43)46-20-23-8-6-5-7-9-23)33-36-17-16-30(37-33)39(3)24-12-13-26-22(2)40(4)38-28(26)18-24/h5-13,16-19,27H,14-15,20,34H2,1-4H3,(H2,35,44,45)/t27-/m0/s1. The fraction of sp³-hybridized carbons (Fsp3) is 0.242. The fourth-order valence-corrected chi connectivity index (χ4v) is 5.85. The molecule has 2 heterocycles. The molecule has 5 rings (SSSR count). The molecule has 0 radical (unpaired) electrons. The van der Waals surface area contributed by atoms with Crippen molar-refractivity contribution in [1.29, 1.82) is 0 Å². The van der Waals surface area contributed by atoms with E-state index < -0.39 is 27.9 Å². The second kappa shape index (κ2) is 13.7. The summed E-state index contributed by atoms with van der Waals surface area (Å²) in [7, 11) is -0.414. The molecule has 0 spiro atoms.